The average molecular weight is 484 g/mol. The van der Waals surface area contributed by atoms with Crippen molar-refractivity contribution in [2.24, 2.45) is 0 Å². The van der Waals surface area contributed by atoms with Crippen LogP contribution in [0.1, 0.15) is 10.6 Å². The van der Waals surface area contributed by atoms with Gasteiger partial charge in [-0.25, -0.2) is 9.78 Å². The Hall–Kier alpha value is -4.50. The van der Waals surface area contributed by atoms with E-state index in [4.69, 9.17) is 4.42 Å². The first-order chi connectivity index (χ1) is 16.2. The second-order valence-corrected chi connectivity index (χ2v) is 7.72. The quantitative estimate of drug-likeness (QED) is 0.164. The van der Waals surface area contributed by atoms with Crippen LogP contribution in [0.4, 0.5) is 24.5 Å². The number of fused-ring (bicyclic) bond motifs is 1. The summed E-state index contributed by atoms with van der Waals surface area (Å²) in [6.45, 7) is 0. The highest BCUT2D eigenvalue weighted by Gasteiger charge is 2.30. The minimum atomic E-state index is -4.51. The van der Waals surface area contributed by atoms with Gasteiger partial charge in [0.15, 0.2) is 0 Å². The average Bonchev–Trinajstić information content (AvgIpc) is 3.28. The second kappa shape index (κ2) is 8.80. The van der Waals surface area contributed by atoms with E-state index in [0.717, 1.165) is 23.5 Å². The molecule has 8 nitrogen and oxygen atoms in total. The smallest absolute Gasteiger partial charge is 0.416 e. The third-order valence-electron chi connectivity index (χ3n) is 4.63. The molecule has 1 N–H and O–H groups in total. The molecule has 0 saturated carbocycles. The fraction of sp³-hybridized carbons (Fsp3) is 0.0455. The number of nitriles is 1. The molecule has 0 unspecified atom stereocenters. The first-order valence-electron chi connectivity index (χ1n) is 9.38. The van der Waals surface area contributed by atoms with Crippen molar-refractivity contribution in [3.05, 3.63) is 91.2 Å². The van der Waals surface area contributed by atoms with Gasteiger partial charge in [-0.1, -0.05) is 6.07 Å². The van der Waals surface area contributed by atoms with Gasteiger partial charge >= 0.3 is 11.8 Å². The Morgan fingerprint density at radius 3 is 2.74 bits per heavy atom. The van der Waals surface area contributed by atoms with Crippen LogP contribution in [0.5, 0.6) is 0 Å². The second-order valence-electron chi connectivity index (χ2n) is 6.86. The fourth-order valence-corrected chi connectivity index (χ4v) is 3.79. The van der Waals surface area contributed by atoms with Gasteiger partial charge in [0.1, 0.15) is 22.2 Å². The summed E-state index contributed by atoms with van der Waals surface area (Å²) in [6, 6.07) is 11.6. The molecule has 0 saturated heterocycles. The van der Waals surface area contributed by atoms with E-state index in [1.165, 1.54) is 48.0 Å². The predicted molar refractivity (Wildman–Crippen MR) is 119 cm³/mol. The number of halogens is 3. The van der Waals surface area contributed by atoms with Gasteiger partial charge in [0, 0.05) is 34.8 Å². The van der Waals surface area contributed by atoms with Gasteiger partial charge in [-0.3, -0.25) is 10.1 Å². The van der Waals surface area contributed by atoms with Gasteiger partial charge in [-0.2, -0.15) is 18.4 Å². The molecule has 170 valence electrons. The summed E-state index contributed by atoms with van der Waals surface area (Å²) >= 11 is 1.03. The van der Waals surface area contributed by atoms with E-state index in [1.807, 2.05) is 6.07 Å². The van der Waals surface area contributed by atoms with E-state index < -0.39 is 22.3 Å². The highest BCUT2D eigenvalue weighted by Crippen LogP contribution is 2.31. The highest BCUT2D eigenvalue weighted by molar-refractivity contribution is 7.11. The van der Waals surface area contributed by atoms with Crippen molar-refractivity contribution in [2.75, 3.05) is 5.32 Å². The summed E-state index contributed by atoms with van der Waals surface area (Å²) < 4.78 is 43.9. The topological polar surface area (TPSA) is 122 Å². The number of nitro benzene ring substituents is 1. The lowest BCUT2D eigenvalue weighted by Gasteiger charge is -2.08. The Bertz CT molecular complexity index is 1550. The lowest BCUT2D eigenvalue weighted by Crippen LogP contribution is -2.05. The monoisotopic (exact) mass is 484 g/mol. The van der Waals surface area contributed by atoms with Crippen LogP contribution in [0.25, 0.3) is 27.8 Å². The molecule has 2 heterocycles. The summed E-state index contributed by atoms with van der Waals surface area (Å²) in [7, 11) is 0. The Kier molecular flexibility index (Phi) is 5.87. The third kappa shape index (κ3) is 4.64. The van der Waals surface area contributed by atoms with Crippen LogP contribution in [0.3, 0.4) is 0 Å². The third-order valence-corrected chi connectivity index (χ3v) is 5.51. The number of nitrogens with one attached hydrogen (secondary N) is 1. The van der Waals surface area contributed by atoms with Crippen molar-refractivity contribution in [1.82, 2.24) is 4.98 Å². The fourth-order valence-electron chi connectivity index (χ4n) is 3.01. The van der Waals surface area contributed by atoms with Gasteiger partial charge in [0.25, 0.3) is 5.69 Å². The minimum Gasteiger partial charge on any atom is -0.422 e. The number of aromatic nitrogens is 1. The van der Waals surface area contributed by atoms with Crippen LogP contribution in [0.2, 0.25) is 0 Å². The van der Waals surface area contributed by atoms with Gasteiger partial charge in [-0.05, 0) is 30.3 Å². The Morgan fingerprint density at radius 2 is 2.03 bits per heavy atom. The predicted octanol–water partition coefficient (Wildman–Crippen LogP) is 5.82. The molecule has 0 spiro atoms. The molecule has 0 aliphatic rings. The molecular formula is C22H11F3N4O4S. The number of nitro groups is 1. The maximum Gasteiger partial charge on any atom is 0.416 e. The summed E-state index contributed by atoms with van der Waals surface area (Å²) in [5, 5.41) is 25.2. The molecule has 0 amide bonds. The normalized spacial score (nSPS) is 11.9. The summed E-state index contributed by atoms with van der Waals surface area (Å²) in [5.41, 5.74) is -1.21. The molecule has 12 heteroatoms. The molecule has 0 fully saturated rings. The summed E-state index contributed by atoms with van der Waals surface area (Å²) in [6.07, 6.45) is -3.30. The number of nitrogens with zero attached hydrogens (tertiary/aromatic N) is 3. The number of thiazole rings is 1. The lowest BCUT2D eigenvalue weighted by atomic mass is 10.1. The van der Waals surface area contributed by atoms with Crippen molar-refractivity contribution in [2.45, 2.75) is 6.18 Å². The van der Waals surface area contributed by atoms with Crippen molar-refractivity contribution >= 4 is 39.3 Å². The summed E-state index contributed by atoms with van der Waals surface area (Å²) in [5.74, 6) is 0. The number of non-ortho nitro benzene ring substituents is 1. The molecule has 0 radical (unpaired) electrons. The molecule has 4 aromatic rings. The number of hydrogen-bond donors (Lipinski definition) is 1. The van der Waals surface area contributed by atoms with Crippen molar-refractivity contribution < 1.29 is 22.5 Å². The Morgan fingerprint density at radius 1 is 1.24 bits per heavy atom. The molecule has 2 aromatic carbocycles. The lowest BCUT2D eigenvalue weighted by molar-refractivity contribution is -0.384. The zero-order chi connectivity index (χ0) is 24.5. The van der Waals surface area contributed by atoms with E-state index >= 15 is 0 Å². The van der Waals surface area contributed by atoms with Gasteiger partial charge in [0.05, 0.1) is 21.7 Å². The Labute approximate surface area is 192 Å². The van der Waals surface area contributed by atoms with Crippen molar-refractivity contribution in [3.63, 3.8) is 0 Å². The zero-order valence-electron chi connectivity index (χ0n) is 16.8. The molecule has 4 rings (SSSR count). The number of anilines is 1. The van der Waals surface area contributed by atoms with Crippen LogP contribution in [0, 0.1) is 21.4 Å². The van der Waals surface area contributed by atoms with E-state index in [2.05, 4.69) is 10.3 Å². The van der Waals surface area contributed by atoms with Crippen LogP contribution < -0.4 is 10.9 Å². The molecule has 2 aromatic heterocycles. The van der Waals surface area contributed by atoms with Crippen molar-refractivity contribution in [1.29, 1.82) is 5.26 Å². The standard InChI is InChI=1S/C22H11F3N4O4S/c23-22(24,25)14-2-1-3-15(8-14)27-10-13(9-26)20-28-18(11-34-20)17-7-12-6-16(29(31)32)4-5-19(12)33-21(17)30/h1-8,10-11,27H/b13-10-. The molecule has 34 heavy (non-hydrogen) atoms. The van der Waals surface area contributed by atoms with Crippen LogP contribution in [0.15, 0.2) is 69.3 Å². The van der Waals surface area contributed by atoms with Crippen LogP contribution in [-0.4, -0.2) is 9.91 Å². The zero-order valence-corrected chi connectivity index (χ0v) is 17.6. The number of alkyl halides is 3. The van der Waals surface area contributed by atoms with E-state index in [0.29, 0.717) is 5.39 Å². The van der Waals surface area contributed by atoms with Gasteiger partial charge in [0.2, 0.25) is 0 Å². The Balaban J connectivity index is 1.65. The highest BCUT2D eigenvalue weighted by atomic mass is 32.1. The largest absolute Gasteiger partial charge is 0.422 e. The van der Waals surface area contributed by atoms with Crippen molar-refractivity contribution in [3.8, 4) is 17.3 Å². The van der Waals surface area contributed by atoms with Gasteiger partial charge < -0.3 is 9.73 Å². The maximum atomic E-state index is 12.9. The number of allylic oxidation sites excluding steroid dienone is 1. The molecule has 0 atom stereocenters. The minimum absolute atomic E-state index is 0.0227. The SMILES string of the molecule is N#C/C(=C/Nc1cccc(C(F)(F)F)c1)c1nc(-c2cc3cc([N+](=O)[O-])ccc3oc2=O)cs1. The number of rotatable bonds is 5. The van der Waals surface area contributed by atoms with Crippen LogP contribution >= 0.6 is 11.3 Å². The molecular weight excluding hydrogens is 473 g/mol. The molecule has 0 aliphatic carbocycles. The van der Waals surface area contributed by atoms with Gasteiger partial charge in [-0.15, -0.1) is 11.3 Å². The maximum absolute atomic E-state index is 12.9. The first kappa shape index (κ1) is 22.7. The van der Waals surface area contributed by atoms with E-state index in [-0.39, 0.29) is 38.8 Å². The number of hydrogen-bond acceptors (Lipinski definition) is 8. The molecule has 0 bridgehead atoms. The first-order valence-corrected chi connectivity index (χ1v) is 10.3. The molecule has 0 aliphatic heterocycles. The number of benzene rings is 2. The van der Waals surface area contributed by atoms with Crippen LogP contribution in [-0.2, 0) is 6.18 Å². The van der Waals surface area contributed by atoms with E-state index in [9.17, 15) is 33.3 Å². The summed E-state index contributed by atoms with van der Waals surface area (Å²) in [4.78, 5) is 27.1. The van der Waals surface area contributed by atoms with E-state index in [1.54, 1.807) is 0 Å².